The Kier molecular flexibility index (Phi) is 1.33. The maximum absolute atomic E-state index is 5.15. The Hall–Kier alpha value is -0.0400. The standard InChI is InChI=1S/C6H11O/c1-5-3-4-7-6(5)2/h5-6H,2-4H2,1H3. The number of hydrogen-bond donors (Lipinski definition) is 0. The fourth-order valence-corrected chi connectivity index (χ4v) is 0.755. The number of rotatable bonds is 0. The summed E-state index contributed by atoms with van der Waals surface area (Å²) in [4.78, 5) is 0. The molecule has 1 radical (unpaired) electrons. The highest BCUT2D eigenvalue weighted by Gasteiger charge is 2.18. The molecule has 1 saturated heterocycles. The van der Waals surface area contributed by atoms with Crippen LogP contribution in [0.3, 0.4) is 0 Å². The third kappa shape index (κ3) is 0.942. The predicted octanol–water partition coefficient (Wildman–Crippen LogP) is 1.25. The minimum Gasteiger partial charge on any atom is -0.378 e. The van der Waals surface area contributed by atoms with E-state index in [0.717, 1.165) is 6.61 Å². The Morgan fingerprint density at radius 2 is 2.43 bits per heavy atom. The first-order valence-corrected chi connectivity index (χ1v) is 2.75. The van der Waals surface area contributed by atoms with Gasteiger partial charge in [0.15, 0.2) is 0 Å². The Morgan fingerprint density at radius 1 is 1.71 bits per heavy atom. The molecule has 2 atom stereocenters. The molecule has 1 aliphatic heterocycles. The zero-order chi connectivity index (χ0) is 5.28. The smallest absolute Gasteiger partial charge is 0.0602 e. The quantitative estimate of drug-likeness (QED) is 0.444. The molecule has 0 aromatic rings. The van der Waals surface area contributed by atoms with Gasteiger partial charge in [-0.2, -0.15) is 0 Å². The summed E-state index contributed by atoms with van der Waals surface area (Å²) in [5, 5.41) is 0. The van der Waals surface area contributed by atoms with E-state index in [1.54, 1.807) is 0 Å². The monoisotopic (exact) mass is 99.1 g/mol. The lowest BCUT2D eigenvalue weighted by Crippen LogP contribution is -2.06. The van der Waals surface area contributed by atoms with Gasteiger partial charge in [0, 0.05) is 6.61 Å². The Balaban J connectivity index is 2.33. The summed E-state index contributed by atoms with van der Waals surface area (Å²) in [6.07, 6.45) is 1.45. The molecule has 1 heteroatoms. The summed E-state index contributed by atoms with van der Waals surface area (Å²) in [7, 11) is 0. The van der Waals surface area contributed by atoms with Crippen LogP contribution < -0.4 is 0 Å². The summed E-state index contributed by atoms with van der Waals surface area (Å²) in [5.41, 5.74) is 0. The summed E-state index contributed by atoms with van der Waals surface area (Å²) >= 11 is 0. The summed E-state index contributed by atoms with van der Waals surface area (Å²) < 4.78 is 5.15. The largest absolute Gasteiger partial charge is 0.378 e. The molecule has 0 amide bonds. The zero-order valence-corrected chi connectivity index (χ0v) is 4.68. The Labute approximate surface area is 44.7 Å². The van der Waals surface area contributed by atoms with Gasteiger partial charge in [-0.25, -0.2) is 0 Å². The van der Waals surface area contributed by atoms with Crippen molar-refractivity contribution in [2.24, 2.45) is 5.92 Å². The van der Waals surface area contributed by atoms with Crippen LogP contribution in [-0.4, -0.2) is 12.7 Å². The minimum atomic E-state index is 0.264. The first-order chi connectivity index (χ1) is 3.30. The lowest BCUT2D eigenvalue weighted by molar-refractivity contribution is 0.129. The minimum absolute atomic E-state index is 0.264. The zero-order valence-electron chi connectivity index (χ0n) is 4.68. The highest BCUT2D eigenvalue weighted by atomic mass is 16.5. The summed E-state index contributed by atoms with van der Waals surface area (Å²) in [5.74, 6) is 0.681. The molecular weight excluding hydrogens is 88.1 g/mol. The van der Waals surface area contributed by atoms with E-state index in [0.29, 0.717) is 5.92 Å². The molecule has 1 aliphatic rings. The Bertz CT molecular complexity index is 53.2. The lowest BCUT2D eigenvalue weighted by Gasteiger charge is -2.04. The SMILES string of the molecule is [CH2]C1OCCC1C. The molecule has 1 fully saturated rings. The molecule has 0 N–H and O–H groups in total. The van der Waals surface area contributed by atoms with Crippen LogP contribution >= 0.6 is 0 Å². The molecule has 7 heavy (non-hydrogen) atoms. The van der Waals surface area contributed by atoms with Gasteiger partial charge in [-0.15, -0.1) is 0 Å². The van der Waals surface area contributed by atoms with E-state index < -0.39 is 0 Å². The molecule has 0 saturated carbocycles. The van der Waals surface area contributed by atoms with Crippen molar-refractivity contribution in [3.05, 3.63) is 6.92 Å². The van der Waals surface area contributed by atoms with Crippen LogP contribution in [0.4, 0.5) is 0 Å². The van der Waals surface area contributed by atoms with E-state index in [4.69, 9.17) is 4.74 Å². The van der Waals surface area contributed by atoms with Gasteiger partial charge in [0.2, 0.25) is 0 Å². The second kappa shape index (κ2) is 1.83. The third-order valence-corrected chi connectivity index (χ3v) is 1.54. The van der Waals surface area contributed by atoms with Crippen molar-refractivity contribution >= 4 is 0 Å². The van der Waals surface area contributed by atoms with Gasteiger partial charge < -0.3 is 4.74 Å². The highest BCUT2D eigenvalue weighted by molar-refractivity contribution is 4.73. The van der Waals surface area contributed by atoms with Gasteiger partial charge in [-0.05, 0) is 19.3 Å². The molecule has 1 nitrogen and oxygen atoms in total. The normalized spacial score (nSPS) is 42.0. The highest BCUT2D eigenvalue weighted by Crippen LogP contribution is 2.17. The summed E-state index contributed by atoms with van der Waals surface area (Å²) in [6, 6.07) is 0. The van der Waals surface area contributed by atoms with Gasteiger partial charge in [0.25, 0.3) is 0 Å². The van der Waals surface area contributed by atoms with Gasteiger partial charge in [-0.3, -0.25) is 0 Å². The van der Waals surface area contributed by atoms with Crippen LogP contribution in [0.1, 0.15) is 13.3 Å². The van der Waals surface area contributed by atoms with Gasteiger partial charge >= 0.3 is 0 Å². The molecule has 2 unspecified atom stereocenters. The van der Waals surface area contributed by atoms with Crippen LogP contribution in [0.25, 0.3) is 0 Å². The molecule has 0 aromatic heterocycles. The van der Waals surface area contributed by atoms with Crippen molar-refractivity contribution in [1.29, 1.82) is 0 Å². The van der Waals surface area contributed by atoms with Crippen molar-refractivity contribution < 1.29 is 4.74 Å². The average molecular weight is 99.2 g/mol. The van der Waals surface area contributed by atoms with Gasteiger partial charge in [0.05, 0.1) is 6.10 Å². The maximum Gasteiger partial charge on any atom is 0.0602 e. The van der Waals surface area contributed by atoms with E-state index in [1.807, 2.05) is 0 Å². The molecule has 41 valence electrons. The number of hydrogen-bond acceptors (Lipinski definition) is 1. The molecule has 1 heterocycles. The van der Waals surface area contributed by atoms with Gasteiger partial charge in [0.1, 0.15) is 0 Å². The van der Waals surface area contributed by atoms with Crippen molar-refractivity contribution in [2.45, 2.75) is 19.4 Å². The molecule has 1 rings (SSSR count). The van der Waals surface area contributed by atoms with E-state index in [1.165, 1.54) is 6.42 Å². The first-order valence-electron chi connectivity index (χ1n) is 2.75. The van der Waals surface area contributed by atoms with E-state index in [2.05, 4.69) is 13.8 Å². The second-order valence-corrected chi connectivity index (χ2v) is 2.18. The van der Waals surface area contributed by atoms with Crippen molar-refractivity contribution in [3.8, 4) is 0 Å². The molecule has 0 spiro atoms. The maximum atomic E-state index is 5.15. The molecule has 0 aliphatic carbocycles. The third-order valence-electron chi connectivity index (χ3n) is 1.54. The molecule has 0 bridgehead atoms. The summed E-state index contributed by atoms with van der Waals surface area (Å²) in [6.45, 7) is 6.88. The lowest BCUT2D eigenvalue weighted by atomic mass is 10.1. The van der Waals surface area contributed by atoms with Crippen LogP contribution in [0.15, 0.2) is 0 Å². The van der Waals surface area contributed by atoms with Crippen LogP contribution in [0.2, 0.25) is 0 Å². The van der Waals surface area contributed by atoms with E-state index in [-0.39, 0.29) is 6.10 Å². The first kappa shape index (κ1) is 5.10. The van der Waals surface area contributed by atoms with Crippen LogP contribution in [0, 0.1) is 12.8 Å². The van der Waals surface area contributed by atoms with Crippen molar-refractivity contribution in [1.82, 2.24) is 0 Å². The average Bonchev–Trinajstić information content (AvgIpc) is 1.91. The Morgan fingerprint density at radius 3 is 2.57 bits per heavy atom. The van der Waals surface area contributed by atoms with Crippen LogP contribution in [-0.2, 0) is 4.74 Å². The van der Waals surface area contributed by atoms with E-state index >= 15 is 0 Å². The number of ether oxygens (including phenoxy) is 1. The van der Waals surface area contributed by atoms with Gasteiger partial charge in [-0.1, -0.05) is 6.92 Å². The fraction of sp³-hybridized carbons (Fsp3) is 0.833. The predicted molar refractivity (Wildman–Crippen MR) is 28.9 cm³/mol. The van der Waals surface area contributed by atoms with E-state index in [9.17, 15) is 0 Å². The molecular formula is C6H11O. The van der Waals surface area contributed by atoms with Crippen LogP contribution in [0.5, 0.6) is 0 Å². The fourth-order valence-electron chi connectivity index (χ4n) is 0.755. The topological polar surface area (TPSA) is 9.23 Å². The second-order valence-electron chi connectivity index (χ2n) is 2.18. The van der Waals surface area contributed by atoms with Crippen molar-refractivity contribution in [3.63, 3.8) is 0 Å². The van der Waals surface area contributed by atoms with Crippen molar-refractivity contribution in [2.75, 3.05) is 6.61 Å². The molecule has 0 aromatic carbocycles.